The van der Waals surface area contributed by atoms with Crippen LogP contribution in [0.4, 0.5) is 0 Å². The second-order valence-electron chi connectivity index (χ2n) is 2.44. The number of dihydropyridines is 1. The lowest BCUT2D eigenvalue weighted by Crippen LogP contribution is -2.25. The van der Waals surface area contributed by atoms with Crippen molar-refractivity contribution >= 4 is 29.8 Å². The van der Waals surface area contributed by atoms with Crippen LogP contribution in [0.25, 0.3) is 0 Å². The van der Waals surface area contributed by atoms with Gasteiger partial charge in [-0.3, -0.25) is 4.99 Å². The molecule has 0 amide bonds. The van der Waals surface area contributed by atoms with E-state index >= 15 is 0 Å². The van der Waals surface area contributed by atoms with E-state index in [1.165, 1.54) is 6.34 Å². The van der Waals surface area contributed by atoms with Gasteiger partial charge in [-0.2, -0.15) is 0 Å². The van der Waals surface area contributed by atoms with Crippen LogP contribution < -0.4 is 5.73 Å². The highest BCUT2D eigenvalue weighted by atomic mass is 32.2. The number of rotatable bonds is 1. The van der Waals surface area contributed by atoms with Gasteiger partial charge in [0.1, 0.15) is 18.2 Å². The molecule has 0 aliphatic carbocycles. The van der Waals surface area contributed by atoms with Gasteiger partial charge in [0.05, 0.1) is 0 Å². The monoisotopic (exact) mass is 180 g/mol. The molecule has 2 heterocycles. The minimum absolute atomic E-state index is 0.00676. The molecule has 62 valence electrons. The summed E-state index contributed by atoms with van der Waals surface area (Å²) < 4.78 is 0. The van der Waals surface area contributed by atoms with Gasteiger partial charge in [-0.25, -0.2) is 9.98 Å². The highest BCUT2D eigenvalue weighted by molar-refractivity contribution is 8.02. The molecular formula is C7H8N4S. The second-order valence-corrected chi connectivity index (χ2v) is 3.32. The van der Waals surface area contributed by atoms with Crippen molar-refractivity contribution in [2.24, 2.45) is 20.7 Å². The average Bonchev–Trinajstić information content (AvgIpc) is 2.50. The molecule has 2 rings (SSSR count). The summed E-state index contributed by atoms with van der Waals surface area (Å²) >= 11 is 1.63. The van der Waals surface area contributed by atoms with Gasteiger partial charge in [0.2, 0.25) is 0 Å². The van der Waals surface area contributed by atoms with E-state index in [1.807, 2.05) is 12.3 Å². The van der Waals surface area contributed by atoms with E-state index in [9.17, 15) is 0 Å². The summed E-state index contributed by atoms with van der Waals surface area (Å²) in [5.74, 6) is 1.22. The summed E-state index contributed by atoms with van der Waals surface area (Å²) in [5, 5.41) is 0. The van der Waals surface area contributed by atoms with Crippen molar-refractivity contribution in [3.63, 3.8) is 0 Å². The maximum Gasteiger partial charge on any atom is 0.162 e. The topological polar surface area (TPSA) is 63.1 Å². The zero-order valence-corrected chi connectivity index (χ0v) is 7.38. The maximum atomic E-state index is 5.58. The fraction of sp³-hybridized carbons (Fsp3) is 0.286. The number of fused-ring (bicyclic) bond motifs is 1. The van der Waals surface area contributed by atoms with Crippen LogP contribution in [0.2, 0.25) is 0 Å². The fourth-order valence-corrected chi connectivity index (χ4v) is 1.78. The smallest absolute Gasteiger partial charge is 0.162 e. The van der Waals surface area contributed by atoms with Crippen LogP contribution in [0, 0.1) is 0 Å². The molecule has 2 N–H and O–H groups in total. The van der Waals surface area contributed by atoms with Crippen molar-refractivity contribution in [2.45, 2.75) is 6.04 Å². The number of hydrogen-bond donors (Lipinski definition) is 1. The Morgan fingerprint density at radius 2 is 2.42 bits per heavy atom. The van der Waals surface area contributed by atoms with Gasteiger partial charge in [-0.1, -0.05) is 0 Å². The highest BCUT2D eigenvalue weighted by Crippen LogP contribution is 2.25. The molecule has 4 nitrogen and oxygen atoms in total. The molecule has 0 spiro atoms. The molecule has 0 bridgehead atoms. The minimum Gasteiger partial charge on any atom is -0.384 e. The number of nitrogens with two attached hydrogens (primary N) is 1. The number of nitrogens with zero attached hydrogens (tertiary/aromatic N) is 3. The lowest BCUT2D eigenvalue weighted by molar-refractivity contribution is 1.07. The normalized spacial score (nSPS) is 26.1. The largest absolute Gasteiger partial charge is 0.384 e. The summed E-state index contributed by atoms with van der Waals surface area (Å²) in [6.45, 7) is 0. The van der Waals surface area contributed by atoms with Crippen LogP contribution in [-0.2, 0) is 0 Å². The van der Waals surface area contributed by atoms with Crippen molar-refractivity contribution in [1.29, 1.82) is 0 Å². The molecule has 1 atom stereocenters. The van der Waals surface area contributed by atoms with Crippen LogP contribution in [-0.4, -0.2) is 30.3 Å². The van der Waals surface area contributed by atoms with Gasteiger partial charge in [-0.15, -0.1) is 11.8 Å². The molecular weight excluding hydrogens is 172 g/mol. The Kier molecular flexibility index (Phi) is 1.73. The first kappa shape index (κ1) is 7.54. The van der Waals surface area contributed by atoms with Crippen LogP contribution in [0.5, 0.6) is 0 Å². The maximum absolute atomic E-state index is 5.58. The molecule has 0 radical (unpaired) electrons. The second kappa shape index (κ2) is 2.75. The van der Waals surface area contributed by atoms with E-state index in [1.54, 1.807) is 11.8 Å². The average molecular weight is 180 g/mol. The Morgan fingerprint density at radius 1 is 1.58 bits per heavy atom. The molecule has 0 saturated carbocycles. The first-order valence-electron chi connectivity index (χ1n) is 3.50. The lowest BCUT2D eigenvalue weighted by atomic mass is 10.2. The Morgan fingerprint density at radius 3 is 3.17 bits per heavy atom. The first-order valence-corrected chi connectivity index (χ1v) is 4.73. The standard InChI is InChI=1S/C7H8N4S/c1-12-4-2-5(8)11-7-6(4)9-3-10-7/h2-3,6H,1H3,(H2,8,9,10,11). The van der Waals surface area contributed by atoms with E-state index < -0.39 is 0 Å². The minimum atomic E-state index is 0.00676. The summed E-state index contributed by atoms with van der Waals surface area (Å²) in [6.07, 6.45) is 5.37. The van der Waals surface area contributed by atoms with Gasteiger partial charge < -0.3 is 5.73 Å². The molecule has 2 aliphatic rings. The number of thioether (sulfide) groups is 1. The SMILES string of the molecule is CSC1=CC(N)=NC2=NC=NC12. The Balaban J connectivity index is 2.40. The number of hydrogen-bond acceptors (Lipinski definition) is 5. The number of amidine groups is 2. The molecule has 0 fully saturated rings. The van der Waals surface area contributed by atoms with Crippen molar-refractivity contribution in [2.75, 3.05) is 6.26 Å². The third-order valence-corrected chi connectivity index (χ3v) is 2.50. The quantitative estimate of drug-likeness (QED) is 0.635. The van der Waals surface area contributed by atoms with E-state index in [0.717, 1.165) is 4.91 Å². The first-order chi connectivity index (χ1) is 5.81. The van der Waals surface area contributed by atoms with E-state index in [-0.39, 0.29) is 6.04 Å². The van der Waals surface area contributed by atoms with Gasteiger partial charge in [0.15, 0.2) is 5.84 Å². The molecule has 0 aromatic carbocycles. The predicted molar refractivity (Wildman–Crippen MR) is 52.9 cm³/mol. The van der Waals surface area contributed by atoms with Crippen molar-refractivity contribution in [3.8, 4) is 0 Å². The molecule has 12 heavy (non-hydrogen) atoms. The summed E-state index contributed by atoms with van der Waals surface area (Å²) in [6, 6.07) is 0.00676. The Labute approximate surface area is 74.4 Å². The summed E-state index contributed by atoms with van der Waals surface area (Å²) in [4.78, 5) is 13.4. The summed E-state index contributed by atoms with van der Waals surface area (Å²) in [7, 11) is 0. The molecule has 0 aromatic rings. The molecule has 0 aromatic heterocycles. The molecule has 0 saturated heterocycles. The van der Waals surface area contributed by atoms with Gasteiger partial charge >= 0.3 is 0 Å². The van der Waals surface area contributed by atoms with E-state index in [2.05, 4.69) is 15.0 Å². The zero-order valence-electron chi connectivity index (χ0n) is 6.56. The van der Waals surface area contributed by atoms with Gasteiger partial charge in [0, 0.05) is 4.91 Å². The van der Waals surface area contributed by atoms with E-state index in [0.29, 0.717) is 11.7 Å². The van der Waals surface area contributed by atoms with E-state index in [4.69, 9.17) is 5.73 Å². The van der Waals surface area contributed by atoms with Gasteiger partial charge in [0.25, 0.3) is 0 Å². The number of aliphatic imine (C=N–C) groups is 3. The lowest BCUT2D eigenvalue weighted by Gasteiger charge is -2.14. The van der Waals surface area contributed by atoms with Crippen LogP contribution in [0.15, 0.2) is 26.0 Å². The fourth-order valence-electron chi connectivity index (χ4n) is 1.15. The van der Waals surface area contributed by atoms with Crippen LogP contribution in [0.3, 0.4) is 0 Å². The van der Waals surface area contributed by atoms with Crippen LogP contribution >= 0.6 is 11.8 Å². The molecule has 1 unspecified atom stereocenters. The van der Waals surface area contributed by atoms with Crippen molar-refractivity contribution < 1.29 is 0 Å². The Bertz CT molecular complexity index is 326. The molecule has 2 aliphatic heterocycles. The predicted octanol–water partition coefficient (Wildman–Crippen LogP) is 0.413. The Hall–Kier alpha value is -1.10. The van der Waals surface area contributed by atoms with Crippen LogP contribution in [0.1, 0.15) is 0 Å². The third-order valence-electron chi connectivity index (χ3n) is 1.69. The zero-order chi connectivity index (χ0) is 8.55. The summed E-state index contributed by atoms with van der Waals surface area (Å²) in [5.41, 5.74) is 5.58. The molecule has 5 heteroatoms. The highest BCUT2D eigenvalue weighted by Gasteiger charge is 2.25. The van der Waals surface area contributed by atoms with Gasteiger partial charge in [-0.05, 0) is 12.3 Å². The van der Waals surface area contributed by atoms with Crippen molar-refractivity contribution in [3.05, 3.63) is 11.0 Å². The third kappa shape index (κ3) is 1.06. The van der Waals surface area contributed by atoms with Crippen molar-refractivity contribution in [1.82, 2.24) is 0 Å².